The first-order chi connectivity index (χ1) is 8.52. The molecule has 4 heteroatoms. The van der Waals surface area contributed by atoms with E-state index in [-0.39, 0.29) is 0 Å². The molecular weight excluding hydrogens is 246 g/mol. The fraction of sp³-hybridized carbons (Fsp3) is 0.214. The van der Waals surface area contributed by atoms with Crippen LogP contribution in [-0.4, -0.2) is 18.2 Å². The summed E-state index contributed by atoms with van der Waals surface area (Å²) in [6.45, 7) is 3.93. The maximum Gasteiger partial charge on any atom is 0.411 e. The van der Waals surface area contributed by atoms with Crippen LogP contribution in [0.1, 0.15) is 10.4 Å². The van der Waals surface area contributed by atoms with Crippen LogP contribution in [-0.2, 0) is 0 Å². The zero-order chi connectivity index (χ0) is 13.3. The van der Waals surface area contributed by atoms with Gasteiger partial charge in [-0.3, -0.25) is 4.90 Å². The first-order valence-corrected chi connectivity index (χ1v) is 6.46. The maximum atomic E-state index is 11.1. The van der Waals surface area contributed by atoms with Gasteiger partial charge in [0.2, 0.25) is 0 Å². The van der Waals surface area contributed by atoms with Crippen molar-refractivity contribution in [3.63, 3.8) is 0 Å². The Morgan fingerprint density at radius 1 is 1.22 bits per heavy atom. The van der Waals surface area contributed by atoms with Gasteiger partial charge in [-0.1, -0.05) is 30.3 Å². The Labute approximate surface area is 110 Å². The number of hydrogen-bond donors (Lipinski definition) is 1. The Kier molecular flexibility index (Phi) is 3.39. The summed E-state index contributed by atoms with van der Waals surface area (Å²) in [5, 5.41) is 9.09. The van der Waals surface area contributed by atoms with Crippen molar-refractivity contribution < 1.29 is 9.90 Å². The van der Waals surface area contributed by atoms with Gasteiger partial charge in [-0.2, -0.15) is 0 Å². The van der Waals surface area contributed by atoms with Crippen LogP contribution in [0.4, 0.5) is 10.5 Å². The predicted molar refractivity (Wildman–Crippen MR) is 75.7 cm³/mol. The minimum atomic E-state index is -0.932. The minimum Gasteiger partial charge on any atom is -0.465 e. The summed E-state index contributed by atoms with van der Waals surface area (Å²) in [6, 6.07) is 10.0. The number of benzene rings is 1. The summed E-state index contributed by atoms with van der Waals surface area (Å²) >= 11 is 1.63. The van der Waals surface area contributed by atoms with Crippen molar-refractivity contribution >= 4 is 23.1 Å². The van der Waals surface area contributed by atoms with Crippen LogP contribution in [0.3, 0.4) is 0 Å². The molecule has 0 aliphatic rings. The standard InChI is InChI=1S/C14H15NO2S/c1-9-12(15(3)14(16)17)10(2)18-13(9)11-7-5-4-6-8-11/h4-8H,1-3H3,(H,16,17). The van der Waals surface area contributed by atoms with Gasteiger partial charge in [0.15, 0.2) is 0 Å². The van der Waals surface area contributed by atoms with Gasteiger partial charge in [0.25, 0.3) is 0 Å². The van der Waals surface area contributed by atoms with E-state index in [9.17, 15) is 4.79 Å². The summed E-state index contributed by atoms with van der Waals surface area (Å²) < 4.78 is 0. The highest BCUT2D eigenvalue weighted by molar-refractivity contribution is 7.16. The second-order valence-corrected chi connectivity index (χ2v) is 5.39. The molecule has 1 aromatic carbocycles. The Hall–Kier alpha value is -1.81. The molecule has 1 heterocycles. The van der Waals surface area contributed by atoms with Crippen LogP contribution < -0.4 is 4.90 Å². The number of thiophene rings is 1. The number of nitrogens with zero attached hydrogens (tertiary/aromatic N) is 1. The van der Waals surface area contributed by atoms with E-state index in [2.05, 4.69) is 0 Å². The molecule has 1 amide bonds. The Bertz CT molecular complexity index is 575. The zero-order valence-electron chi connectivity index (χ0n) is 10.6. The molecule has 0 bridgehead atoms. The molecule has 0 spiro atoms. The fourth-order valence-corrected chi connectivity index (χ4v) is 3.29. The van der Waals surface area contributed by atoms with E-state index in [4.69, 9.17) is 5.11 Å². The van der Waals surface area contributed by atoms with E-state index in [0.29, 0.717) is 0 Å². The quantitative estimate of drug-likeness (QED) is 0.882. The molecule has 0 unspecified atom stereocenters. The molecule has 2 rings (SSSR count). The van der Waals surface area contributed by atoms with E-state index >= 15 is 0 Å². The summed E-state index contributed by atoms with van der Waals surface area (Å²) in [5.74, 6) is 0. The molecule has 0 saturated carbocycles. The van der Waals surface area contributed by atoms with Crippen molar-refractivity contribution in [3.8, 4) is 10.4 Å². The monoisotopic (exact) mass is 261 g/mol. The molecule has 1 N–H and O–H groups in total. The van der Waals surface area contributed by atoms with Gasteiger partial charge in [0.1, 0.15) is 0 Å². The molecule has 0 aliphatic heterocycles. The highest BCUT2D eigenvalue weighted by Crippen LogP contribution is 2.40. The third kappa shape index (κ3) is 2.11. The smallest absolute Gasteiger partial charge is 0.411 e. The lowest BCUT2D eigenvalue weighted by atomic mass is 10.1. The average molecular weight is 261 g/mol. The number of aryl methyl sites for hydroxylation is 1. The molecule has 18 heavy (non-hydrogen) atoms. The molecule has 94 valence electrons. The van der Waals surface area contributed by atoms with Gasteiger partial charge in [-0.05, 0) is 25.0 Å². The van der Waals surface area contributed by atoms with Crippen LogP contribution in [0.2, 0.25) is 0 Å². The molecule has 0 atom stereocenters. The van der Waals surface area contributed by atoms with Crippen molar-refractivity contribution in [2.24, 2.45) is 0 Å². The van der Waals surface area contributed by atoms with Gasteiger partial charge in [-0.15, -0.1) is 11.3 Å². The van der Waals surface area contributed by atoms with Gasteiger partial charge < -0.3 is 5.11 Å². The van der Waals surface area contributed by atoms with Crippen molar-refractivity contribution in [1.29, 1.82) is 0 Å². The van der Waals surface area contributed by atoms with Crippen molar-refractivity contribution in [2.45, 2.75) is 13.8 Å². The number of carboxylic acid groups (broad SMARTS) is 1. The fourth-order valence-electron chi connectivity index (χ4n) is 2.10. The van der Waals surface area contributed by atoms with Crippen LogP contribution in [0, 0.1) is 13.8 Å². The van der Waals surface area contributed by atoms with E-state index < -0.39 is 6.09 Å². The first-order valence-electron chi connectivity index (χ1n) is 5.64. The maximum absolute atomic E-state index is 11.1. The van der Waals surface area contributed by atoms with E-state index in [1.807, 2.05) is 44.2 Å². The van der Waals surface area contributed by atoms with Gasteiger partial charge in [0.05, 0.1) is 5.69 Å². The van der Waals surface area contributed by atoms with Crippen LogP contribution in [0.25, 0.3) is 10.4 Å². The molecule has 1 aromatic heterocycles. The van der Waals surface area contributed by atoms with Gasteiger partial charge in [0, 0.05) is 16.8 Å². The third-order valence-electron chi connectivity index (χ3n) is 2.94. The van der Waals surface area contributed by atoms with Crippen molar-refractivity contribution in [3.05, 3.63) is 40.8 Å². The Balaban J connectivity index is 2.54. The highest BCUT2D eigenvalue weighted by atomic mass is 32.1. The molecule has 3 nitrogen and oxygen atoms in total. The van der Waals surface area contributed by atoms with Gasteiger partial charge in [-0.25, -0.2) is 4.79 Å². The molecule has 0 saturated heterocycles. The number of carbonyl (C=O) groups is 1. The van der Waals surface area contributed by atoms with Crippen LogP contribution in [0.15, 0.2) is 30.3 Å². The van der Waals surface area contributed by atoms with Gasteiger partial charge >= 0.3 is 6.09 Å². The van der Waals surface area contributed by atoms with E-state index in [1.54, 1.807) is 18.4 Å². The SMILES string of the molecule is Cc1sc(-c2ccccc2)c(C)c1N(C)C(=O)O. The number of rotatable bonds is 2. The average Bonchev–Trinajstić information content (AvgIpc) is 2.65. The number of hydrogen-bond acceptors (Lipinski definition) is 2. The summed E-state index contributed by atoms with van der Waals surface area (Å²) in [6.07, 6.45) is -0.932. The summed E-state index contributed by atoms with van der Waals surface area (Å²) in [4.78, 5) is 14.5. The first kappa shape index (κ1) is 12.6. The normalized spacial score (nSPS) is 10.4. The molecule has 0 fully saturated rings. The topological polar surface area (TPSA) is 40.5 Å². The van der Waals surface area contributed by atoms with Crippen molar-refractivity contribution in [1.82, 2.24) is 0 Å². The second kappa shape index (κ2) is 4.82. The molecule has 0 aliphatic carbocycles. The minimum absolute atomic E-state index is 0.798. The zero-order valence-corrected chi connectivity index (χ0v) is 11.4. The van der Waals surface area contributed by atoms with Crippen LogP contribution in [0.5, 0.6) is 0 Å². The summed E-state index contributed by atoms with van der Waals surface area (Å²) in [7, 11) is 1.58. The number of anilines is 1. The number of amides is 1. The highest BCUT2D eigenvalue weighted by Gasteiger charge is 2.19. The van der Waals surface area contributed by atoms with Crippen molar-refractivity contribution in [2.75, 3.05) is 11.9 Å². The molecule has 0 radical (unpaired) electrons. The Morgan fingerprint density at radius 3 is 2.39 bits per heavy atom. The lowest BCUT2D eigenvalue weighted by molar-refractivity contribution is 0.203. The Morgan fingerprint density at radius 2 is 1.83 bits per heavy atom. The predicted octanol–water partition coefficient (Wildman–Crippen LogP) is 4.15. The molecule has 2 aromatic rings. The molecular formula is C14H15NO2S. The lowest BCUT2D eigenvalue weighted by Crippen LogP contribution is -2.24. The van der Waals surface area contributed by atoms with Crippen LogP contribution >= 0.6 is 11.3 Å². The second-order valence-electron chi connectivity index (χ2n) is 4.17. The van der Waals surface area contributed by atoms with E-state index in [0.717, 1.165) is 26.6 Å². The largest absolute Gasteiger partial charge is 0.465 e. The summed E-state index contributed by atoms with van der Waals surface area (Å²) in [5.41, 5.74) is 2.95. The third-order valence-corrected chi connectivity index (χ3v) is 4.19. The van der Waals surface area contributed by atoms with E-state index in [1.165, 1.54) is 4.90 Å². The lowest BCUT2D eigenvalue weighted by Gasteiger charge is -2.14.